The summed E-state index contributed by atoms with van der Waals surface area (Å²) in [6, 6.07) is 10.2. The van der Waals surface area contributed by atoms with Crippen LogP contribution in [-0.2, 0) is 4.79 Å². The predicted octanol–water partition coefficient (Wildman–Crippen LogP) is 1.09. The number of nitrogens with one attached hydrogen (secondary N) is 2. The van der Waals surface area contributed by atoms with Crippen molar-refractivity contribution in [3.63, 3.8) is 0 Å². The molecule has 0 aliphatic carbocycles. The molecule has 2 N–H and O–H groups in total. The first kappa shape index (κ1) is 13.9. The fraction of sp³-hybridized carbons (Fsp3) is 0.533. The van der Waals surface area contributed by atoms with Crippen LogP contribution >= 0.6 is 0 Å². The highest BCUT2D eigenvalue weighted by atomic mass is 16.1. The molecule has 104 valence electrons. The molecule has 2 atom stereocenters. The third kappa shape index (κ3) is 3.70. The van der Waals surface area contributed by atoms with E-state index in [2.05, 4.69) is 34.6 Å². The number of amides is 1. The third-order valence-corrected chi connectivity index (χ3v) is 3.80. The number of carbonyl (C=O) groups is 1. The van der Waals surface area contributed by atoms with Crippen molar-refractivity contribution in [1.82, 2.24) is 10.6 Å². The molecular formula is C15H23N3O. The van der Waals surface area contributed by atoms with Crippen LogP contribution in [0.15, 0.2) is 30.3 Å². The molecule has 0 unspecified atom stereocenters. The normalized spacial score (nSPS) is 22.2. The molecule has 19 heavy (non-hydrogen) atoms. The van der Waals surface area contributed by atoms with E-state index >= 15 is 0 Å². The van der Waals surface area contributed by atoms with Crippen LogP contribution in [0.1, 0.15) is 6.92 Å². The van der Waals surface area contributed by atoms with E-state index in [1.807, 2.05) is 25.2 Å². The number of hydrogen-bond donors (Lipinski definition) is 2. The summed E-state index contributed by atoms with van der Waals surface area (Å²) in [7, 11) is 2.04. The first-order valence-corrected chi connectivity index (χ1v) is 6.93. The first-order valence-electron chi connectivity index (χ1n) is 6.93. The van der Waals surface area contributed by atoms with Crippen LogP contribution in [0.4, 0.5) is 5.69 Å². The molecule has 1 amide bonds. The Hall–Kier alpha value is -1.55. The van der Waals surface area contributed by atoms with Gasteiger partial charge in [0.05, 0.1) is 5.92 Å². The number of para-hydroxylation sites is 1. The Kier molecular flexibility index (Phi) is 4.80. The van der Waals surface area contributed by atoms with Gasteiger partial charge in [-0.1, -0.05) is 25.1 Å². The molecule has 0 saturated carbocycles. The molecule has 0 radical (unpaired) electrons. The third-order valence-electron chi connectivity index (χ3n) is 3.80. The van der Waals surface area contributed by atoms with Crippen LogP contribution in [0, 0.1) is 11.8 Å². The molecule has 2 rings (SSSR count). The SMILES string of the molecule is C[C@@H]1CNC[C@H]1C(=O)NCCN(C)c1ccccc1. The van der Waals surface area contributed by atoms with Gasteiger partial charge in [-0.25, -0.2) is 0 Å². The Labute approximate surface area is 115 Å². The monoisotopic (exact) mass is 261 g/mol. The molecule has 1 saturated heterocycles. The lowest BCUT2D eigenvalue weighted by molar-refractivity contribution is -0.125. The molecule has 4 nitrogen and oxygen atoms in total. The van der Waals surface area contributed by atoms with Crippen molar-refractivity contribution in [3.8, 4) is 0 Å². The van der Waals surface area contributed by atoms with E-state index < -0.39 is 0 Å². The van der Waals surface area contributed by atoms with Crippen LogP contribution in [0.2, 0.25) is 0 Å². The average molecular weight is 261 g/mol. The van der Waals surface area contributed by atoms with E-state index in [4.69, 9.17) is 0 Å². The summed E-state index contributed by atoms with van der Waals surface area (Å²) in [5.41, 5.74) is 1.17. The zero-order chi connectivity index (χ0) is 13.7. The number of nitrogens with zero attached hydrogens (tertiary/aromatic N) is 1. The average Bonchev–Trinajstić information content (AvgIpc) is 2.86. The second kappa shape index (κ2) is 6.57. The molecule has 0 spiro atoms. The smallest absolute Gasteiger partial charge is 0.224 e. The van der Waals surface area contributed by atoms with Crippen LogP contribution in [0.25, 0.3) is 0 Å². The molecule has 0 bridgehead atoms. The lowest BCUT2D eigenvalue weighted by Crippen LogP contribution is -2.38. The van der Waals surface area contributed by atoms with E-state index in [1.54, 1.807) is 0 Å². The van der Waals surface area contributed by atoms with Gasteiger partial charge in [0.15, 0.2) is 0 Å². The van der Waals surface area contributed by atoms with Crippen molar-refractivity contribution in [2.45, 2.75) is 6.92 Å². The summed E-state index contributed by atoms with van der Waals surface area (Å²) in [5, 5.41) is 6.29. The molecule has 1 aromatic carbocycles. The van der Waals surface area contributed by atoms with Crippen LogP contribution in [0.3, 0.4) is 0 Å². The van der Waals surface area contributed by atoms with E-state index in [0.29, 0.717) is 12.5 Å². The molecule has 1 aliphatic heterocycles. The van der Waals surface area contributed by atoms with E-state index in [-0.39, 0.29) is 11.8 Å². The summed E-state index contributed by atoms with van der Waals surface area (Å²) in [6.07, 6.45) is 0. The minimum Gasteiger partial charge on any atom is -0.373 e. The maximum Gasteiger partial charge on any atom is 0.224 e. The van der Waals surface area contributed by atoms with Crippen molar-refractivity contribution in [2.75, 3.05) is 38.1 Å². The van der Waals surface area contributed by atoms with Crippen molar-refractivity contribution in [1.29, 1.82) is 0 Å². The lowest BCUT2D eigenvalue weighted by Gasteiger charge is -2.20. The summed E-state index contributed by atoms with van der Waals surface area (Å²) in [4.78, 5) is 14.2. The molecule has 1 aromatic rings. The minimum atomic E-state index is 0.127. The second-order valence-corrected chi connectivity index (χ2v) is 5.29. The van der Waals surface area contributed by atoms with Gasteiger partial charge in [-0.3, -0.25) is 4.79 Å². The van der Waals surface area contributed by atoms with Crippen LogP contribution < -0.4 is 15.5 Å². The number of hydrogen-bond acceptors (Lipinski definition) is 3. The Morgan fingerprint density at radius 1 is 1.37 bits per heavy atom. The number of anilines is 1. The fourth-order valence-electron chi connectivity index (χ4n) is 2.45. The Morgan fingerprint density at radius 2 is 2.11 bits per heavy atom. The van der Waals surface area contributed by atoms with Gasteiger partial charge in [0.2, 0.25) is 5.91 Å². The first-order chi connectivity index (χ1) is 9.18. The highest BCUT2D eigenvalue weighted by molar-refractivity contribution is 5.79. The fourth-order valence-corrected chi connectivity index (χ4v) is 2.45. The molecular weight excluding hydrogens is 238 g/mol. The van der Waals surface area contributed by atoms with Crippen molar-refractivity contribution in [3.05, 3.63) is 30.3 Å². The maximum atomic E-state index is 12.0. The van der Waals surface area contributed by atoms with Crippen molar-refractivity contribution in [2.24, 2.45) is 11.8 Å². The van der Waals surface area contributed by atoms with Gasteiger partial charge in [0, 0.05) is 32.4 Å². The van der Waals surface area contributed by atoms with Crippen molar-refractivity contribution < 1.29 is 4.79 Å². The largest absolute Gasteiger partial charge is 0.373 e. The van der Waals surface area contributed by atoms with Crippen LogP contribution in [0.5, 0.6) is 0 Å². The Bertz CT molecular complexity index is 407. The minimum absolute atomic E-state index is 0.127. The second-order valence-electron chi connectivity index (χ2n) is 5.29. The van der Waals surface area contributed by atoms with Gasteiger partial charge >= 0.3 is 0 Å². The van der Waals surface area contributed by atoms with E-state index in [0.717, 1.165) is 19.6 Å². The summed E-state index contributed by atoms with van der Waals surface area (Å²) >= 11 is 0. The number of likely N-dealkylation sites (N-methyl/N-ethyl adjacent to an activating group) is 1. The standard InChI is InChI=1S/C15H23N3O/c1-12-10-16-11-14(12)15(19)17-8-9-18(2)13-6-4-3-5-7-13/h3-7,12,14,16H,8-11H2,1-2H3,(H,17,19)/t12-,14-/m1/s1. The Balaban J connectivity index is 1.73. The Morgan fingerprint density at radius 3 is 2.74 bits per heavy atom. The summed E-state index contributed by atoms with van der Waals surface area (Å²) in [6.45, 7) is 5.39. The topological polar surface area (TPSA) is 44.4 Å². The van der Waals surface area contributed by atoms with Gasteiger partial charge in [-0.15, -0.1) is 0 Å². The zero-order valence-corrected chi connectivity index (χ0v) is 11.7. The number of benzene rings is 1. The number of carbonyl (C=O) groups excluding carboxylic acids is 1. The maximum absolute atomic E-state index is 12.0. The van der Waals surface area contributed by atoms with Crippen LogP contribution in [-0.4, -0.2) is 39.1 Å². The molecule has 1 aliphatic rings. The van der Waals surface area contributed by atoms with E-state index in [1.165, 1.54) is 5.69 Å². The summed E-state index contributed by atoms with van der Waals surface area (Å²) < 4.78 is 0. The summed E-state index contributed by atoms with van der Waals surface area (Å²) in [5.74, 6) is 0.743. The lowest BCUT2D eigenvalue weighted by atomic mass is 9.97. The van der Waals surface area contributed by atoms with E-state index in [9.17, 15) is 4.79 Å². The number of rotatable bonds is 5. The van der Waals surface area contributed by atoms with Gasteiger partial charge in [0.1, 0.15) is 0 Å². The molecule has 4 heteroatoms. The molecule has 1 heterocycles. The highest BCUT2D eigenvalue weighted by Crippen LogP contribution is 2.15. The van der Waals surface area contributed by atoms with Crippen molar-refractivity contribution >= 4 is 11.6 Å². The molecule has 0 aromatic heterocycles. The molecule has 1 fully saturated rings. The highest BCUT2D eigenvalue weighted by Gasteiger charge is 2.29. The quantitative estimate of drug-likeness (QED) is 0.834. The predicted molar refractivity (Wildman–Crippen MR) is 78.2 cm³/mol. The van der Waals surface area contributed by atoms with Gasteiger partial charge in [-0.2, -0.15) is 0 Å². The zero-order valence-electron chi connectivity index (χ0n) is 11.7. The van der Waals surface area contributed by atoms with Gasteiger partial charge < -0.3 is 15.5 Å². The van der Waals surface area contributed by atoms with Gasteiger partial charge in [-0.05, 0) is 24.6 Å². The van der Waals surface area contributed by atoms with Gasteiger partial charge in [0.25, 0.3) is 0 Å².